The maximum Gasteiger partial charge on any atom is 0.211 e. The Labute approximate surface area is 126 Å². The molecule has 0 fully saturated rings. The van der Waals surface area contributed by atoms with E-state index in [9.17, 15) is 0 Å². The van der Waals surface area contributed by atoms with Crippen molar-refractivity contribution >= 4 is 38.7 Å². The average molecular weight is 338 g/mol. The van der Waals surface area contributed by atoms with Gasteiger partial charge in [-0.15, -0.1) is 11.3 Å². The van der Waals surface area contributed by atoms with E-state index in [2.05, 4.69) is 56.8 Å². The molecule has 2 rings (SSSR count). The first kappa shape index (κ1) is 14.2. The number of hydrogen-bond donors (Lipinski definition) is 0. The monoisotopic (exact) mass is 337 g/mol. The lowest BCUT2D eigenvalue weighted by Crippen LogP contribution is -2.20. The molecule has 1 aromatic heterocycles. The third-order valence-corrected chi connectivity index (χ3v) is 4.05. The molecule has 19 heavy (non-hydrogen) atoms. The van der Waals surface area contributed by atoms with Crippen LogP contribution in [0.25, 0.3) is 11.3 Å². The highest BCUT2D eigenvalue weighted by Crippen LogP contribution is 2.27. The lowest BCUT2D eigenvalue weighted by atomic mass is 10.2. The summed E-state index contributed by atoms with van der Waals surface area (Å²) < 4.78 is 1.08. The molecule has 5 heteroatoms. The Morgan fingerprint density at radius 3 is 2.58 bits per heavy atom. The lowest BCUT2D eigenvalue weighted by Gasteiger charge is -2.12. The van der Waals surface area contributed by atoms with E-state index in [1.54, 1.807) is 11.3 Å². The van der Waals surface area contributed by atoms with Crippen molar-refractivity contribution in [3.63, 3.8) is 0 Å². The van der Waals surface area contributed by atoms with Gasteiger partial charge in [0.1, 0.15) is 0 Å². The summed E-state index contributed by atoms with van der Waals surface area (Å²) in [5.41, 5.74) is 2.09. The Hall–Kier alpha value is -1.20. The molecule has 0 unspecified atom stereocenters. The molecule has 1 aromatic carbocycles. The molecule has 0 spiro atoms. The van der Waals surface area contributed by atoms with E-state index in [0.717, 1.165) is 34.0 Å². The van der Waals surface area contributed by atoms with Crippen LogP contribution < -0.4 is 0 Å². The Balaban J connectivity index is 2.13. The first-order valence-corrected chi connectivity index (χ1v) is 7.90. The van der Waals surface area contributed by atoms with Gasteiger partial charge in [-0.2, -0.15) is 0 Å². The predicted octanol–water partition coefficient (Wildman–Crippen LogP) is 4.57. The Morgan fingerprint density at radius 2 is 1.95 bits per heavy atom. The molecule has 2 aromatic rings. The van der Waals surface area contributed by atoms with Crippen molar-refractivity contribution in [2.45, 2.75) is 13.8 Å². The highest BCUT2D eigenvalue weighted by atomic mass is 79.9. The SMILES string of the molecule is CCN(/C=N/c1nc(-c2ccc(Br)cc2)cs1)CC. The van der Waals surface area contributed by atoms with E-state index in [0.29, 0.717) is 0 Å². The molecule has 3 nitrogen and oxygen atoms in total. The maximum atomic E-state index is 4.53. The van der Waals surface area contributed by atoms with Crippen LogP contribution in [0.4, 0.5) is 5.13 Å². The number of nitrogens with zero attached hydrogens (tertiary/aromatic N) is 3. The Morgan fingerprint density at radius 1 is 1.26 bits per heavy atom. The van der Waals surface area contributed by atoms with Crippen LogP contribution in [0, 0.1) is 0 Å². The van der Waals surface area contributed by atoms with Gasteiger partial charge in [0.25, 0.3) is 0 Å². The summed E-state index contributed by atoms with van der Waals surface area (Å²) in [6, 6.07) is 8.15. The average Bonchev–Trinajstić information content (AvgIpc) is 2.89. The van der Waals surface area contributed by atoms with Crippen molar-refractivity contribution in [2.75, 3.05) is 13.1 Å². The van der Waals surface area contributed by atoms with Crippen molar-refractivity contribution in [1.82, 2.24) is 9.88 Å². The van der Waals surface area contributed by atoms with Gasteiger partial charge in [0.2, 0.25) is 5.13 Å². The zero-order valence-electron chi connectivity index (χ0n) is 11.0. The molecule has 0 aliphatic rings. The smallest absolute Gasteiger partial charge is 0.211 e. The zero-order chi connectivity index (χ0) is 13.7. The normalized spacial score (nSPS) is 11.1. The topological polar surface area (TPSA) is 28.5 Å². The highest BCUT2D eigenvalue weighted by Gasteiger charge is 2.03. The summed E-state index contributed by atoms with van der Waals surface area (Å²) in [7, 11) is 0. The van der Waals surface area contributed by atoms with Gasteiger partial charge in [0, 0.05) is 28.5 Å². The van der Waals surface area contributed by atoms with E-state index in [1.807, 2.05) is 23.9 Å². The summed E-state index contributed by atoms with van der Waals surface area (Å²) >= 11 is 5.00. The van der Waals surface area contributed by atoms with Gasteiger partial charge in [-0.3, -0.25) is 0 Å². The molecule has 0 atom stereocenters. The molecular weight excluding hydrogens is 322 g/mol. The quantitative estimate of drug-likeness (QED) is 0.590. The maximum absolute atomic E-state index is 4.53. The van der Waals surface area contributed by atoms with Gasteiger partial charge in [-0.05, 0) is 26.0 Å². The summed E-state index contributed by atoms with van der Waals surface area (Å²) in [4.78, 5) is 11.1. The Kier molecular flexibility index (Phi) is 5.10. The number of benzene rings is 1. The second-order valence-corrected chi connectivity index (χ2v) is 5.74. The fourth-order valence-electron chi connectivity index (χ4n) is 1.59. The van der Waals surface area contributed by atoms with Gasteiger partial charge in [0.15, 0.2) is 0 Å². The van der Waals surface area contributed by atoms with Gasteiger partial charge >= 0.3 is 0 Å². The third kappa shape index (κ3) is 3.88. The first-order valence-electron chi connectivity index (χ1n) is 6.22. The molecule has 0 N–H and O–H groups in total. The standard InChI is InChI=1S/C14H16BrN3S/c1-3-18(4-2)10-16-14-17-13(9-19-14)11-5-7-12(15)8-6-11/h5-10H,3-4H2,1-2H3/b16-10+. The van der Waals surface area contributed by atoms with Crippen molar-refractivity contribution in [3.05, 3.63) is 34.1 Å². The number of rotatable bonds is 5. The minimum atomic E-state index is 0.796. The van der Waals surface area contributed by atoms with Gasteiger partial charge in [0.05, 0.1) is 12.0 Å². The molecule has 1 heterocycles. The fourth-order valence-corrected chi connectivity index (χ4v) is 2.52. The van der Waals surface area contributed by atoms with Crippen LogP contribution in [0.1, 0.15) is 13.8 Å². The van der Waals surface area contributed by atoms with Crippen molar-refractivity contribution in [1.29, 1.82) is 0 Å². The highest BCUT2D eigenvalue weighted by molar-refractivity contribution is 9.10. The molecule has 0 aliphatic heterocycles. The van der Waals surface area contributed by atoms with Crippen molar-refractivity contribution < 1.29 is 0 Å². The molecule has 0 bridgehead atoms. The van der Waals surface area contributed by atoms with Crippen LogP contribution in [0.15, 0.2) is 39.1 Å². The largest absolute Gasteiger partial charge is 0.363 e. The molecule has 0 radical (unpaired) electrons. The Bertz CT molecular complexity index is 544. The molecular formula is C14H16BrN3S. The van der Waals surface area contributed by atoms with Crippen LogP contribution in [0.5, 0.6) is 0 Å². The zero-order valence-corrected chi connectivity index (χ0v) is 13.4. The number of hydrogen-bond acceptors (Lipinski definition) is 3. The van der Waals surface area contributed by atoms with Gasteiger partial charge in [-0.25, -0.2) is 9.98 Å². The van der Waals surface area contributed by atoms with Gasteiger partial charge in [-0.1, -0.05) is 28.1 Å². The molecule has 0 saturated heterocycles. The molecule has 0 amide bonds. The van der Waals surface area contributed by atoms with E-state index in [-0.39, 0.29) is 0 Å². The first-order chi connectivity index (χ1) is 9.22. The number of thiazole rings is 1. The van der Waals surface area contributed by atoms with Crippen LogP contribution >= 0.6 is 27.3 Å². The third-order valence-electron chi connectivity index (χ3n) is 2.78. The minimum Gasteiger partial charge on any atom is -0.363 e. The second kappa shape index (κ2) is 6.82. The second-order valence-electron chi connectivity index (χ2n) is 3.99. The van der Waals surface area contributed by atoms with Crippen LogP contribution in [-0.4, -0.2) is 29.3 Å². The van der Waals surface area contributed by atoms with E-state index in [4.69, 9.17) is 0 Å². The number of aromatic nitrogens is 1. The molecule has 100 valence electrons. The van der Waals surface area contributed by atoms with E-state index >= 15 is 0 Å². The fraction of sp³-hybridized carbons (Fsp3) is 0.286. The van der Waals surface area contributed by atoms with E-state index < -0.39 is 0 Å². The van der Waals surface area contributed by atoms with Crippen LogP contribution in [0.2, 0.25) is 0 Å². The summed E-state index contributed by atoms with van der Waals surface area (Å²) in [5.74, 6) is 0. The molecule has 0 aliphatic carbocycles. The van der Waals surface area contributed by atoms with Crippen molar-refractivity contribution in [2.24, 2.45) is 4.99 Å². The summed E-state index contributed by atoms with van der Waals surface area (Å²) in [5, 5.41) is 2.84. The number of aliphatic imine (C=N–C) groups is 1. The lowest BCUT2D eigenvalue weighted by molar-refractivity contribution is 0.480. The van der Waals surface area contributed by atoms with Crippen molar-refractivity contribution in [3.8, 4) is 11.3 Å². The summed E-state index contributed by atoms with van der Waals surface area (Å²) in [6.07, 6.45) is 1.87. The molecule has 0 saturated carbocycles. The van der Waals surface area contributed by atoms with Crippen LogP contribution in [-0.2, 0) is 0 Å². The summed E-state index contributed by atoms with van der Waals surface area (Å²) in [6.45, 7) is 6.16. The van der Waals surface area contributed by atoms with E-state index in [1.165, 1.54) is 0 Å². The van der Waals surface area contributed by atoms with Gasteiger partial charge < -0.3 is 4.90 Å². The van der Waals surface area contributed by atoms with Crippen LogP contribution in [0.3, 0.4) is 0 Å². The predicted molar refractivity (Wildman–Crippen MR) is 86.3 cm³/mol. The number of halogens is 1. The minimum absolute atomic E-state index is 0.796.